The van der Waals surface area contributed by atoms with Crippen LogP contribution in [0.2, 0.25) is 0 Å². The van der Waals surface area contributed by atoms with Gasteiger partial charge < -0.3 is 9.73 Å². The Bertz CT molecular complexity index is 1050. The van der Waals surface area contributed by atoms with Gasteiger partial charge in [0.1, 0.15) is 5.76 Å². The summed E-state index contributed by atoms with van der Waals surface area (Å²) in [7, 11) is -0.446. The maximum Gasteiger partial charge on any atom is 0.264 e. The van der Waals surface area contributed by atoms with Crippen LogP contribution in [-0.2, 0) is 21.4 Å². The van der Waals surface area contributed by atoms with E-state index in [1.165, 1.54) is 23.5 Å². The van der Waals surface area contributed by atoms with Crippen LogP contribution in [0.15, 0.2) is 82.3 Å². The highest BCUT2D eigenvalue weighted by atomic mass is 32.2. The SMILES string of the molecule is CN(CC(=O)Nc1cccc(S(=O)(=O)N(C)c2ccccc2)c1)Cc1ccco1. The van der Waals surface area contributed by atoms with Crippen molar-refractivity contribution < 1.29 is 17.6 Å². The number of furan rings is 1. The summed E-state index contributed by atoms with van der Waals surface area (Å²) in [6, 6.07) is 18.7. The van der Waals surface area contributed by atoms with Gasteiger partial charge in [0, 0.05) is 12.7 Å². The highest BCUT2D eigenvalue weighted by molar-refractivity contribution is 7.92. The topological polar surface area (TPSA) is 82.9 Å². The summed E-state index contributed by atoms with van der Waals surface area (Å²) in [5, 5.41) is 2.75. The summed E-state index contributed by atoms with van der Waals surface area (Å²) in [5.74, 6) is 0.516. The van der Waals surface area contributed by atoms with Gasteiger partial charge in [-0.15, -0.1) is 0 Å². The van der Waals surface area contributed by atoms with Crippen molar-refractivity contribution in [3.05, 3.63) is 78.8 Å². The Morgan fingerprint density at radius 2 is 1.76 bits per heavy atom. The van der Waals surface area contributed by atoms with Crippen LogP contribution in [0.1, 0.15) is 5.76 Å². The number of sulfonamides is 1. The van der Waals surface area contributed by atoms with E-state index in [0.29, 0.717) is 17.9 Å². The summed E-state index contributed by atoms with van der Waals surface area (Å²) in [4.78, 5) is 14.2. The molecule has 1 aromatic heterocycles. The van der Waals surface area contributed by atoms with E-state index in [2.05, 4.69) is 5.32 Å². The molecule has 3 rings (SSSR count). The molecule has 7 nitrogen and oxygen atoms in total. The largest absolute Gasteiger partial charge is 0.468 e. The summed E-state index contributed by atoms with van der Waals surface area (Å²) >= 11 is 0. The second kappa shape index (κ2) is 8.93. The van der Waals surface area contributed by atoms with Crippen LogP contribution in [-0.4, -0.2) is 39.9 Å². The Labute approximate surface area is 170 Å². The van der Waals surface area contributed by atoms with Gasteiger partial charge in [0.15, 0.2) is 0 Å². The molecule has 0 spiro atoms. The molecule has 0 saturated carbocycles. The lowest BCUT2D eigenvalue weighted by atomic mass is 10.3. The Balaban J connectivity index is 1.68. The first-order valence-electron chi connectivity index (χ1n) is 9.01. The molecule has 0 atom stereocenters. The van der Waals surface area contributed by atoms with Gasteiger partial charge in [-0.05, 0) is 49.5 Å². The molecule has 2 aromatic carbocycles. The zero-order chi connectivity index (χ0) is 20.9. The van der Waals surface area contributed by atoms with Gasteiger partial charge in [0.2, 0.25) is 5.91 Å². The number of amides is 1. The Kier molecular flexibility index (Phi) is 6.36. The molecule has 152 valence electrons. The molecule has 1 amide bonds. The van der Waals surface area contributed by atoms with Crippen molar-refractivity contribution in [2.45, 2.75) is 11.4 Å². The number of nitrogens with zero attached hydrogens (tertiary/aromatic N) is 2. The third kappa shape index (κ3) is 5.24. The Hall–Kier alpha value is -3.10. The first-order chi connectivity index (χ1) is 13.9. The van der Waals surface area contributed by atoms with Gasteiger partial charge in [0.25, 0.3) is 10.0 Å². The van der Waals surface area contributed by atoms with Gasteiger partial charge in [-0.2, -0.15) is 0 Å². The van der Waals surface area contributed by atoms with Crippen molar-refractivity contribution in [1.29, 1.82) is 0 Å². The van der Waals surface area contributed by atoms with Crippen LogP contribution in [0.25, 0.3) is 0 Å². The predicted molar refractivity (Wildman–Crippen MR) is 112 cm³/mol. The number of carbonyl (C=O) groups excluding carboxylic acids is 1. The standard InChI is InChI=1S/C21H23N3O4S/c1-23(15-19-11-7-13-28-19)16-21(25)22-17-8-6-12-20(14-17)29(26,27)24(2)18-9-4-3-5-10-18/h3-14H,15-16H2,1-2H3,(H,22,25). The molecule has 29 heavy (non-hydrogen) atoms. The summed E-state index contributed by atoms with van der Waals surface area (Å²) in [5.41, 5.74) is 0.977. The van der Waals surface area contributed by atoms with Crippen LogP contribution in [0.3, 0.4) is 0 Å². The average Bonchev–Trinajstić information content (AvgIpc) is 3.21. The maximum atomic E-state index is 12.9. The molecule has 0 radical (unpaired) electrons. The quantitative estimate of drug-likeness (QED) is 0.613. The first kappa shape index (κ1) is 20.6. The fourth-order valence-corrected chi connectivity index (χ4v) is 4.08. The minimum Gasteiger partial charge on any atom is -0.468 e. The maximum absolute atomic E-state index is 12.9. The number of hydrogen-bond acceptors (Lipinski definition) is 5. The van der Waals surface area contributed by atoms with Gasteiger partial charge >= 0.3 is 0 Å². The summed E-state index contributed by atoms with van der Waals surface area (Å²) in [6.45, 7) is 0.637. The van der Waals surface area contributed by atoms with Gasteiger partial charge in [-0.25, -0.2) is 8.42 Å². The number of nitrogens with one attached hydrogen (secondary N) is 1. The number of carbonyl (C=O) groups is 1. The average molecular weight is 413 g/mol. The minimum atomic E-state index is -3.75. The van der Waals surface area contributed by atoms with Crippen LogP contribution < -0.4 is 9.62 Å². The molecule has 1 heterocycles. The molecule has 3 aromatic rings. The number of rotatable bonds is 8. The third-order valence-corrected chi connectivity index (χ3v) is 6.10. The van der Waals surface area contributed by atoms with Crippen molar-refractivity contribution in [2.24, 2.45) is 0 Å². The number of benzene rings is 2. The van der Waals surface area contributed by atoms with E-state index in [1.807, 2.05) is 12.1 Å². The van der Waals surface area contributed by atoms with Gasteiger partial charge in [-0.3, -0.25) is 14.0 Å². The van der Waals surface area contributed by atoms with Gasteiger partial charge in [0.05, 0.1) is 29.9 Å². The second-order valence-electron chi connectivity index (χ2n) is 6.64. The van der Waals surface area contributed by atoms with Crippen LogP contribution >= 0.6 is 0 Å². The van der Waals surface area contributed by atoms with Crippen molar-refractivity contribution in [1.82, 2.24) is 4.90 Å². The zero-order valence-corrected chi connectivity index (χ0v) is 17.1. The molecule has 0 aliphatic heterocycles. The van der Waals surface area contributed by atoms with E-state index < -0.39 is 10.0 Å². The fraction of sp³-hybridized carbons (Fsp3) is 0.190. The molecular formula is C21H23N3O4S. The second-order valence-corrected chi connectivity index (χ2v) is 8.61. The van der Waals surface area contributed by atoms with Crippen molar-refractivity contribution in [2.75, 3.05) is 30.3 Å². The highest BCUT2D eigenvalue weighted by Gasteiger charge is 2.21. The lowest BCUT2D eigenvalue weighted by Gasteiger charge is -2.20. The van der Waals surface area contributed by atoms with E-state index in [4.69, 9.17) is 4.42 Å². The summed E-state index contributed by atoms with van der Waals surface area (Å²) < 4.78 is 32.3. The molecule has 0 fully saturated rings. The van der Waals surface area contributed by atoms with E-state index in [0.717, 1.165) is 5.76 Å². The number of anilines is 2. The monoisotopic (exact) mass is 413 g/mol. The van der Waals surface area contributed by atoms with Crippen molar-refractivity contribution in [3.63, 3.8) is 0 Å². The van der Waals surface area contributed by atoms with E-state index >= 15 is 0 Å². The Morgan fingerprint density at radius 3 is 2.45 bits per heavy atom. The lowest BCUT2D eigenvalue weighted by Crippen LogP contribution is -2.30. The molecule has 1 N–H and O–H groups in total. The lowest BCUT2D eigenvalue weighted by molar-refractivity contribution is -0.117. The minimum absolute atomic E-state index is 0.102. The van der Waals surface area contributed by atoms with E-state index in [1.54, 1.807) is 60.7 Å². The summed E-state index contributed by atoms with van der Waals surface area (Å²) in [6.07, 6.45) is 1.58. The first-order valence-corrected chi connectivity index (χ1v) is 10.4. The zero-order valence-electron chi connectivity index (χ0n) is 16.3. The van der Waals surface area contributed by atoms with E-state index in [-0.39, 0.29) is 17.3 Å². The number of hydrogen-bond donors (Lipinski definition) is 1. The van der Waals surface area contributed by atoms with Crippen molar-refractivity contribution in [3.8, 4) is 0 Å². The Morgan fingerprint density at radius 1 is 1.00 bits per heavy atom. The number of para-hydroxylation sites is 1. The van der Waals surface area contributed by atoms with Crippen molar-refractivity contribution >= 4 is 27.3 Å². The van der Waals surface area contributed by atoms with Gasteiger partial charge in [-0.1, -0.05) is 24.3 Å². The van der Waals surface area contributed by atoms with E-state index in [9.17, 15) is 13.2 Å². The smallest absolute Gasteiger partial charge is 0.264 e. The third-order valence-electron chi connectivity index (χ3n) is 4.32. The molecule has 0 saturated heterocycles. The molecule has 8 heteroatoms. The molecule has 0 aliphatic rings. The fourth-order valence-electron chi connectivity index (χ4n) is 2.84. The predicted octanol–water partition coefficient (Wildman–Crippen LogP) is 3.18. The van der Waals surface area contributed by atoms with Crippen LogP contribution in [0, 0.1) is 0 Å². The molecule has 0 unspecified atom stereocenters. The number of likely N-dealkylation sites (N-methyl/N-ethyl adjacent to an activating group) is 1. The molecule has 0 bridgehead atoms. The normalized spacial score (nSPS) is 11.4. The van der Waals surface area contributed by atoms with Crippen LogP contribution in [0.4, 0.5) is 11.4 Å². The molecule has 0 aliphatic carbocycles. The van der Waals surface area contributed by atoms with Crippen LogP contribution in [0.5, 0.6) is 0 Å². The highest BCUT2D eigenvalue weighted by Crippen LogP contribution is 2.23. The molecular weight excluding hydrogens is 390 g/mol.